The molecule has 1 unspecified atom stereocenters. The normalized spacial score (nSPS) is 12.0. The van der Waals surface area contributed by atoms with Gasteiger partial charge < -0.3 is 0 Å². The van der Waals surface area contributed by atoms with Crippen LogP contribution in [-0.2, 0) is 0 Å². The van der Waals surface area contributed by atoms with E-state index in [0.29, 0.717) is 5.92 Å². The lowest BCUT2D eigenvalue weighted by atomic mass is 9.90. The fourth-order valence-corrected chi connectivity index (χ4v) is 2.99. The second kappa shape index (κ2) is 12.2. The number of rotatable bonds is 12. The Kier molecular flexibility index (Phi) is 10.4. The van der Waals surface area contributed by atoms with E-state index in [-0.39, 0.29) is 0 Å². The van der Waals surface area contributed by atoms with Gasteiger partial charge in [-0.15, -0.1) is 0 Å². The van der Waals surface area contributed by atoms with Gasteiger partial charge in [-0.25, -0.2) is 0 Å². The van der Waals surface area contributed by atoms with Gasteiger partial charge in [0.05, 0.1) is 11.6 Å². The van der Waals surface area contributed by atoms with Crippen molar-refractivity contribution in [3.05, 3.63) is 29.6 Å². The van der Waals surface area contributed by atoms with Crippen LogP contribution in [-0.4, -0.2) is 4.98 Å². The van der Waals surface area contributed by atoms with Gasteiger partial charge >= 0.3 is 0 Å². The Morgan fingerprint density at radius 3 is 2.14 bits per heavy atom. The molecule has 0 aliphatic heterocycles. The fourth-order valence-electron chi connectivity index (χ4n) is 2.99. The molecule has 0 bridgehead atoms. The van der Waals surface area contributed by atoms with Crippen molar-refractivity contribution in [2.24, 2.45) is 0 Å². The van der Waals surface area contributed by atoms with Crippen molar-refractivity contribution in [1.82, 2.24) is 4.98 Å². The standard InChI is InChI=1S/C20H32N2/c1-3-5-7-9-11-13-19(12-10-8-6-4-2)20-16-18(17-21)14-15-22-20/h14-16,19H,3-13H2,1-2H3. The van der Waals surface area contributed by atoms with Crippen LogP contribution in [0.1, 0.15) is 102 Å². The Hall–Kier alpha value is -1.36. The Morgan fingerprint density at radius 1 is 0.955 bits per heavy atom. The summed E-state index contributed by atoms with van der Waals surface area (Å²) in [6.45, 7) is 4.51. The molecule has 0 aliphatic carbocycles. The minimum atomic E-state index is 0.534. The van der Waals surface area contributed by atoms with Gasteiger partial charge in [0.15, 0.2) is 0 Å². The monoisotopic (exact) mass is 300 g/mol. The number of pyridine rings is 1. The number of unbranched alkanes of at least 4 members (excludes halogenated alkanes) is 7. The van der Waals surface area contributed by atoms with Crippen LogP contribution in [0.2, 0.25) is 0 Å². The van der Waals surface area contributed by atoms with E-state index in [1.54, 1.807) is 12.3 Å². The van der Waals surface area contributed by atoms with Gasteiger partial charge in [-0.3, -0.25) is 4.98 Å². The van der Waals surface area contributed by atoms with E-state index in [2.05, 4.69) is 24.9 Å². The Morgan fingerprint density at radius 2 is 1.55 bits per heavy atom. The van der Waals surface area contributed by atoms with Gasteiger partial charge in [0.2, 0.25) is 0 Å². The Balaban J connectivity index is 2.54. The van der Waals surface area contributed by atoms with E-state index in [9.17, 15) is 0 Å². The maximum absolute atomic E-state index is 9.09. The van der Waals surface area contributed by atoms with Crippen LogP contribution in [0.25, 0.3) is 0 Å². The van der Waals surface area contributed by atoms with Crippen LogP contribution in [0.4, 0.5) is 0 Å². The summed E-state index contributed by atoms with van der Waals surface area (Å²) in [5.74, 6) is 0.534. The zero-order valence-corrected chi connectivity index (χ0v) is 14.5. The average molecular weight is 300 g/mol. The highest BCUT2D eigenvalue weighted by molar-refractivity contribution is 5.30. The molecule has 0 radical (unpaired) electrons. The highest BCUT2D eigenvalue weighted by atomic mass is 14.7. The van der Waals surface area contributed by atoms with Crippen LogP contribution < -0.4 is 0 Å². The maximum Gasteiger partial charge on any atom is 0.0992 e. The van der Waals surface area contributed by atoms with Crippen LogP contribution in [0.3, 0.4) is 0 Å². The third kappa shape index (κ3) is 7.59. The van der Waals surface area contributed by atoms with Crippen molar-refractivity contribution >= 4 is 0 Å². The summed E-state index contributed by atoms with van der Waals surface area (Å²) < 4.78 is 0. The lowest BCUT2D eigenvalue weighted by molar-refractivity contribution is 0.486. The molecule has 122 valence electrons. The summed E-state index contributed by atoms with van der Waals surface area (Å²) in [6, 6.07) is 6.04. The first-order chi connectivity index (χ1) is 10.8. The number of nitrogens with zero attached hydrogens (tertiary/aromatic N) is 2. The first-order valence-electron chi connectivity index (χ1n) is 9.17. The van der Waals surface area contributed by atoms with Gasteiger partial charge in [0.25, 0.3) is 0 Å². The van der Waals surface area contributed by atoms with Crippen molar-refractivity contribution in [2.45, 2.75) is 90.4 Å². The van der Waals surface area contributed by atoms with E-state index in [0.717, 1.165) is 11.3 Å². The van der Waals surface area contributed by atoms with E-state index in [1.807, 2.05) is 6.07 Å². The van der Waals surface area contributed by atoms with Crippen molar-refractivity contribution in [1.29, 1.82) is 5.26 Å². The molecule has 0 spiro atoms. The Bertz CT molecular complexity index is 434. The molecular weight excluding hydrogens is 268 g/mol. The highest BCUT2D eigenvalue weighted by Crippen LogP contribution is 2.27. The van der Waals surface area contributed by atoms with Gasteiger partial charge in [-0.2, -0.15) is 5.26 Å². The predicted molar refractivity (Wildman–Crippen MR) is 93.8 cm³/mol. The van der Waals surface area contributed by atoms with Crippen LogP contribution >= 0.6 is 0 Å². The topological polar surface area (TPSA) is 36.7 Å². The van der Waals surface area contributed by atoms with Gasteiger partial charge in [0, 0.05) is 17.8 Å². The lowest BCUT2D eigenvalue weighted by Gasteiger charge is -2.16. The van der Waals surface area contributed by atoms with Crippen LogP contribution in [0, 0.1) is 11.3 Å². The molecule has 2 nitrogen and oxygen atoms in total. The molecule has 1 aromatic heterocycles. The molecule has 22 heavy (non-hydrogen) atoms. The second-order valence-corrected chi connectivity index (χ2v) is 6.33. The van der Waals surface area contributed by atoms with Crippen LogP contribution in [0.5, 0.6) is 0 Å². The fraction of sp³-hybridized carbons (Fsp3) is 0.700. The molecule has 0 fully saturated rings. The summed E-state index contributed by atoms with van der Waals surface area (Å²) in [4.78, 5) is 4.55. The number of nitriles is 1. The molecule has 1 rings (SSSR count). The minimum Gasteiger partial charge on any atom is -0.261 e. The van der Waals surface area contributed by atoms with E-state index in [1.165, 1.54) is 70.6 Å². The summed E-state index contributed by atoms with van der Waals surface area (Å²) in [5, 5.41) is 9.09. The smallest absolute Gasteiger partial charge is 0.0992 e. The summed E-state index contributed by atoms with van der Waals surface area (Å²) in [5.41, 5.74) is 1.88. The molecule has 0 saturated carbocycles. The zero-order valence-electron chi connectivity index (χ0n) is 14.5. The van der Waals surface area contributed by atoms with Crippen LogP contribution in [0.15, 0.2) is 18.3 Å². The molecule has 0 N–H and O–H groups in total. The average Bonchev–Trinajstić information content (AvgIpc) is 2.56. The molecule has 0 aliphatic rings. The van der Waals surface area contributed by atoms with Crippen molar-refractivity contribution in [3.8, 4) is 6.07 Å². The summed E-state index contributed by atoms with van der Waals surface area (Å²) >= 11 is 0. The minimum absolute atomic E-state index is 0.534. The Labute approximate surface area is 137 Å². The first-order valence-corrected chi connectivity index (χ1v) is 9.17. The first kappa shape index (κ1) is 18.7. The molecule has 1 aromatic rings. The predicted octanol–water partition coefficient (Wildman–Crippen LogP) is 6.37. The number of hydrogen-bond acceptors (Lipinski definition) is 2. The molecule has 0 amide bonds. The molecule has 0 aromatic carbocycles. The molecular formula is C20H32N2. The SMILES string of the molecule is CCCCCCCC(CCCCCC)c1cc(C#N)ccn1. The molecule has 2 heteroatoms. The largest absolute Gasteiger partial charge is 0.261 e. The second-order valence-electron chi connectivity index (χ2n) is 6.33. The van der Waals surface area contributed by atoms with Crippen molar-refractivity contribution in [3.63, 3.8) is 0 Å². The quantitative estimate of drug-likeness (QED) is 0.421. The summed E-state index contributed by atoms with van der Waals surface area (Å²) in [6.07, 6.45) is 16.1. The zero-order chi connectivity index (χ0) is 16.0. The third-order valence-electron chi connectivity index (χ3n) is 4.39. The molecule has 1 atom stereocenters. The third-order valence-corrected chi connectivity index (χ3v) is 4.39. The lowest BCUT2D eigenvalue weighted by Crippen LogP contribution is -2.03. The van der Waals surface area contributed by atoms with E-state index < -0.39 is 0 Å². The van der Waals surface area contributed by atoms with Gasteiger partial charge in [-0.1, -0.05) is 71.6 Å². The highest BCUT2D eigenvalue weighted by Gasteiger charge is 2.13. The number of hydrogen-bond donors (Lipinski definition) is 0. The van der Waals surface area contributed by atoms with E-state index >= 15 is 0 Å². The number of aromatic nitrogens is 1. The maximum atomic E-state index is 9.09. The van der Waals surface area contributed by atoms with Gasteiger partial charge in [-0.05, 0) is 25.0 Å². The van der Waals surface area contributed by atoms with Gasteiger partial charge in [0.1, 0.15) is 0 Å². The van der Waals surface area contributed by atoms with Crippen molar-refractivity contribution in [2.75, 3.05) is 0 Å². The molecule has 0 saturated heterocycles. The van der Waals surface area contributed by atoms with E-state index in [4.69, 9.17) is 5.26 Å². The molecule has 1 heterocycles. The van der Waals surface area contributed by atoms with Crippen molar-refractivity contribution < 1.29 is 0 Å². The summed E-state index contributed by atoms with van der Waals surface area (Å²) in [7, 11) is 0.